The molecule has 102 valence electrons. The number of piperidine rings is 1. The predicted molar refractivity (Wildman–Crippen MR) is 80.1 cm³/mol. The number of thiophene rings is 1. The average Bonchev–Trinajstić information content (AvgIpc) is 2.85. The number of aryl methyl sites for hydroxylation is 1. The lowest BCUT2D eigenvalue weighted by atomic mass is 9.93. The Morgan fingerprint density at radius 3 is 2.78 bits per heavy atom. The fraction of sp³-hybridized carbons (Fsp3) is 0.643. The van der Waals surface area contributed by atoms with E-state index in [-0.39, 0.29) is 18.3 Å². The van der Waals surface area contributed by atoms with E-state index in [0.717, 1.165) is 37.2 Å². The number of nitrogens with one attached hydrogen (secondary N) is 1. The van der Waals surface area contributed by atoms with E-state index in [1.165, 1.54) is 17.7 Å². The molecule has 18 heavy (non-hydrogen) atoms. The van der Waals surface area contributed by atoms with Crippen molar-refractivity contribution in [2.45, 2.75) is 39.0 Å². The maximum absolute atomic E-state index is 12.3. The Labute approximate surface area is 120 Å². The van der Waals surface area contributed by atoms with Crippen LogP contribution in [0.3, 0.4) is 0 Å². The first-order chi connectivity index (χ1) is 8.31. The van der Waals surface area contributed by atoms with Crippen molar-refractivity contribution < 1.29 is 4.79 Å². The maximum Gasteiger partial charge on any atom is 0.175 e. The molecule has 1 N–H and O–H groups in total. The molecule has 0 unspecified atom stereocenters. The van der Waals surface area contributed by atoms with Gasteiger partial charge < -0.3 is 5.32 Å². The van der Waals surface area contributed by atoms with E-state index in [9.17, 15) is 4.79 Å². The summed E-state index contributed by atoms with van der Waals surface area (Å²) in [6.45, 7) is 4.18. The van der Waals surface area contributed by atoms with Gasteiger partial charge in [-0.1, -0.05) is 13.3 Å². The second kappa shape index (κ2) is 7.93. The highest BCUT2D eigenvalue weighted by atomic mass is 35.5. The fourth-order valence-electron chi connectivity index (χ4n) is 2.28. The van der Waals surface area contributed by atoms with E-state index in [2.05, 4.69) is 18.3 Å². The summed E-state index contributed by atoms with van der Waals surface area (Å²) in [6, 6.07) is 4.16. The Balaban J connectivity index is 0.00000162. The molecule has 0 aromatic carbocycles. The molecule has 2 heterocycles. The molecule has 0 radical (unpaired) electrons. The summed E-state index contributed by atoms with van der Waals surface area (Å²) in [5, 5.41) is 3.31. The Morgan fingerprint density at radius 2 is 2.11 bits per heavy atom. The summed E-state index contributed by atoms with van der Waals surface area (Å²) in [4.78, 5) is 14.6. The minimum absolute atomic E-state index is 0. The molecule has 1 saturated heterocycles. The number of unbranched alkanes of at least 4 members (excludes halogenated alkanes) is 1. The van der Waals surface area contributed by atoms with Gasteiger partial charge in [-0.3, -0.25) is 4.79 Å². The van der Waals surface area contributed by atoms with Gasteiger partial charge in [0.1, 0.15) is 0 Å². The molecule has 0 saturated carbocycles. The lowest BCUT2D eigenvalue weighted by Crippen LogP contribution is -2.31. The second-order valence-electron chi connectivity index (χ2n) is 4.76. The molecular formula is C14H22ClNOS. The molecule has 2 rings (SSSR count). The van der Waals surface area contributed by atoms with E-state index in [1.54, 1.807) is 11.3 Å². The molecule has 2 nitrogen and oxygen atoms in total. The predicted octanol–water partition coefficient (Wildman–Crippen LogP) is 3.69. The van der Waals surface area contributed by atoms with Crippen molar-refractivity contribution in [3.05, 3.63) is 21.9 Å². The number of Topliss-reactive ketones (excluding diaryl/α,β-unsaturated/α-hetero) is 1. The van der Waals surface area contributed by atoms with Crippen LogP contribution in [0.15, 0.2) is 12.1 Å². The van der Waals surface area contributed by atoms with Crippen LogP contribution in [0, 0.1) is 5.92 Å². The standard InChI is InChI=1S/C14H21NOS.ClH/c1-2-3-4-12-5-6-13(17-12)14(16)11-7-9-15-10-8-11;/h5-6,11,15H,2-4,7-10H2,1H3;1H. The van der Waals surface area contributed by atoms with Crippen molar-refractivity contribution in [2.75, 3.05) is 13.1 Å². The van der Waals surface area contributed by atoms with Crippen LogP contribution < -0.4 is 5.32 Å². The van der Waals surface area contributed by atoms with E-state index in [1.807, 2.05) is 6.07 Å². The van der Waals surface area contributed by atoms with E-state index >= 15 is 0 Å². The smallest absolute Gasteiger partial charge is 0.175 e. The topological polar surface area (TPSA) is 29.1 Å². The van der Waals surface area contributed by atoms with Gasteiger partial charge in [0.05, 0.1) is 4.88 Å². The number of halogens is 1. The van der Waals surface area contributed by atoms with Crippen LogP contribution >= 0.6 is 23.7 Å². The van der Waals surface area contributed by atoms with E-state index < -0.39 is 0 Å². The number of ketones is 1. The van der Waals surface area contributed by atoms with E-state index in [4.69, 9.17) is 0 Å². The first kappa shape index (κ1) is 15.7. The molecule has 4 heteroatoms. The minimum atomic E-state index is 0. The average molecular weight is 288 g/mol. The van der Waals surface area contributed by atoms with Crippen LogP contribution in [0.25, 0.3) is 0 Å². The van der Waals surface area contributed by atoms with Crippen LogP contribution in [0.1, 0.15) is 47.2 Å². The van der Waals surface area contributed by atoms with Crippen LogP contribution in [0.5, 0.6) is 0 Å². The highest BCUT2D eigenvalue weighted by Crippen LogP contribution is 2.24. The van der Waals surface area contributed by atoms with Gasteiger partial charge in [-0.05, 0) is 50.9 Å². The number of hydrogen-bond acceptors (Lipinski definition) is 3. The van der Waals surface area contributed by atoms with Crippen molar-refractivity contribution in [1.29, 1.82) is 0 Å². The Kier molecular flexibility index (Phi) is 6.90. The lowest BCUT2D eigenvalue weighted by Gasteiger charge is -2.20. The third-order valence-corrected chi connectivity index (χ3v) is 4.55. The summed E-state index contributed by atoms with van der Waals surface area (Å²) in [5.41, 5.74) is 0. The molecular weight excluding hydrogens is 266 g/mol. The normalized spacial score (nSPS) is 16.3. The number of carbonyl (C=O) groups is 1. The fourth-order valence-corrected chi connectivity index (χ4v) is 3.35. The van der Waals surface area contributed by atoms with Crippen LogP contribution in [-0.2, 0) is 6.42 Å². The summed E-state index contributed by atoms with van der Waals surface area (Å²) in [5.74, 6) is 0.633. The molecule has 1 aromatic rings. The van der Waals surface area contributed by atoms with Gasteiger partial charge in [-0.25, -0.2) is 0 Å². The molecule has 0 atom stereocenters. The van der Waals surface area contributed by atoms with Crippen molar-refractivity contribution in [1.82, 2.24) is 5.32 Å². The van der Waals surface area contributed by atoms with Gasteiger partial charge in [0.2, 0.25) is 0 Å². The van der Waals surface area contributed by atoms with Gasteiger partial charge in [0.15, 0.2) is 5.78 Å². The van der Waals surface area contributed by atoms with Gasteiger partial charge in [-0.2, -0.15) is 0 Å². The summed E-state index contributed by atoms with van der Waals surface area (Å²) in [6.07, 6.45) is 5.57. The Bertz CT molecular complexity index is 372. The molecule has 1 fully saturated rings. The van der Waals surface area contributed by atoms with Crippen LogP contribution in [0.2, 0.25) is 0 Å². The number of rotatable bonds is 5. The second-order valence-corrected chi connectivity index (χ2v) is 5.93. The quantitative estimate of drug-likeness (QED) is 0.837. The van der Waals surface area contributed by atoms with Crippen molar-refractivity contribution in [3.63, 3.8) is 0 Å². The minimum Gasteiger partial charge on any atom is -0.317 e. The van der Waals surface area contributed by atoms with Crippen LogP contribution in [0.4, 0.5) is 0 Å². The SMILES string of the molecule is CCCCc1ccc(C(=O)C2CCNCC2)s1.Cl. The van der Waals surface area contributed by atoms with Crippen molar-refractivity contribution in [3.8, 4) is 0 Å². The number of carbonyl (C=O) groups excluding carboxylic acids is 1. The zero-order chi connectivity index (χ0) is 12.1. The Morgan fingerprint density at radius 1 is 1.39 bits per heavy atom. The molecule has 1 aliphatic heterocycles. The molecule has 1 aromatic heterocycles. The van der Waals surface area contributed by atoms with E-state index in [0.29, 0.717) is 5.78 Å². The summed E-state index contributed by atoms with van der Waals surface area (Å²) < 4.78 is 0. The van der Waals surface area contributed by atoms with Crippen molar-refractivity contribution >= 4 is 29.5 Å². The van der Waals surface area contributed by atoms with Gasteiger partial charge >= 0.3 is 0 Å². The van der Waals surface area contributed by atoms with Gasteiger partial charge in [0.25, 0.3) is 0 Å². The first-order valence-electron chi connectivity index (χ1n) is 6.65. The highest BCUT2D eigenvalue weighted by molar-refractivity contribution is 7.14. The molecule has 0 amide bonds. The third-order valence-electron chi connectivity index (χ3n) is 3.39. The van der Waals surface area contributed by atoms with Crippen LogP contribution in [-0.4, -0.2) is 18.9 Å². The summed E-state index contributed by atoms with van der Waals surface area (Å²) in [7, 11) is 0. The summed E-state index contributed by atoms with van der Waals surface area (Å²) >= 11 is 1.70. The molecule has 0 spiro atoms. The molecule has 0 aliphatic carbocycles. The Hall–Kier alpha value is -0.380. The van der Waals surface area contributed by atoms with Gasteiger partial charge in [0, 0.05) is 10.8 Å². The zero-order valence-electron chi connectivity index (χ0n) is 10.9. The monoisotopic (exact) mass is 287 g/mol. The zero-order valence-corrected chi connectivity index (χ0v) is 12.5. The first-order valence-corrected chi connectivity index (χ1v) is 7.46. The number of hydrogen-bond donors (Lipinski definition) is 1. The molecule has 0 bridgehead atoms. The van der Waals surface area contributed by atoms with Gasteiger partial charge in [-0.15, -0.1) is 23.7 Å². The lowest BCUT2D eigenvalue weighted by molar-refractivity contribution is 0.0899. The largest absolute Gasteiger partial charge is 0.317 e. The maximum atomic E-state index is 12.3. The highest BCUT2D eigenvalue weighted by Gasteiger charge is 2.23. The third kappa shape index (κ3) is 4.08. The van der Waals surface area contributed by atoms with Crippen molar-refractivity contribution in [2.24, 2.45) is 5.92 Å². The molecule has 1 aliphatic rings.